The van der Waals surface area contributed by atoms with Crippen molar-refractivity contribution in [2.45, 2.75) is 26.4 Å². The fraction of sp³-hybridized carbons (Fsp3) is 0.263. The number of benzene rings is 2. The lowest BCUT2D eigenvalue weighted by atomic mass is 10.1. The Bertz CT molecular complexity index is 700. The molecule has 0 fully saturated rings. The molecule has 120 valence electrons. The predicted molar refractivity (Wildman–Crippen MR) is 91.5 cm³/mol. The van der Waals surface area contributed by atoms with E-state index in [-0.39, 0.29) is 5.71 Å². The maximum absolute atomic E-state index is 12.6. The number of aliphatic imine (C=N–C) groups is 1. The summed E-state index contributed by atoms with van der Waals surface area (Å²) in [4.78, 5) is 17.1. The van der Waals surface area contributed by atoms with Crippen molar-refractivity contribution in [2.24, 2.45) is 4.99 Å². The van der Waals surface area contributed by atoms with Crippen LogP contribution in [0.5, 0.6) is 5.75 Å². The van der Waals surface area contributed by atoms with Gasteiger partial charge in [0.1, 0.15) is 17.0 Å². The fourth-order valence-corrected chi connectivity index (χ4v) is 1.99. The number of rotatable bonds is 4. The van der Waals surface area contributed by atoms with E-state index in [1.54, 1.807) is 19.2 Å². The lowest BCUT2D eigenvalue weighted by molar-refractivity contribution is -0.146. The number of para-hydroxylation sites is 2. The molecule has 0 radical (unpaired) electrons. The van der Waals surface area contributed by atoms with E-state index in [4.69, 9.17) is 9.47 Å². The van der Waals surface area contributed by atoms with Crippen LogP contribution in [0.3, 0.4) is 0 Å². The van der Waals surface area contributed by atoms with Gasteiger partial charge in [-0.1, -0.05) is 42.5 Å². The van der Waals surface area contributed by atoms with Gasteiger partial charge < -0.3 is 9.47 Å². The highest BCUT2D eigenvalue weighted by Gasteiger charge is 2.23. The summed E-state index contributed by atoms with van der Waals surface area (Å²) in [6.45, 7) is 5.49. The first-order valence-electron chi connectivity index (χ1n) is 7.41. The van der Waals surface area contributed by atoms with Crippen LogP contribution < -0.4 is 4.74 Å². The van der Waals surface area contributed by atoms with Crippen molar-refractivity contribution >= 4 is 17.4 Å². The van der Waals surface area contributed by atoms with Gasteiger partial charge in [0.05, 0.1) is 7.11 Å². The Balaban J connectivity index is 2.49. The number of nitrogens with zero attached hydrogens (tertiary/aromatic N) is 1. The van der Waals surface area contributed by atoms with Gasteiger partial charge in [0.2, 0.25) is 0 Å². The van der Waals surface area contributed by atoms with E-state index in [1.165, 1.54) is 0 Å². The Hall–Kier alpha value is -2.62. The Morgan fingerprint density at radius 3 is 2.17 bits per heavy atom. The molecule has 2 rings (SSSR count). The second kappa shape index (κ2) is 7.09. The minimum absolute atomic E-state index is 0.255. The molecule has 0 aromatic heterocycles. The SMILES string of the molecule is COc1ccccc1N=C(C(=O)OC(C)(C)C)c1ccccc1. The number of esters is 1. The second-order valence-electron chi connectivity index (χ2n) is 6.00. The summed E-state index contributed by atoms with van der Waals surface area (Å²) >= 11 is 0. The van der Waals surface area contributed by atoms with Crippen LogP contribution in [0.25, 0.3) is 0 Å². The molecule has 4 heteroatoms. The highest BCUT2D eigenvalue weighted by molar-refractivity contribution is 6.43. The van der Waals surface area contributed by atoms with Crippen LogP contribution in [0.4, 0.5) is 5.69 Å². The summed E-state index contributed by atoms with van der Waals surface area (Å²) < 4.78 is 10.8. The minimum atomic E-state index is -0.590. The van der Waals surface area contributed by atoms with Gasteiger partial charge in [-0.05, 0) is 32.9 Å². The number of carbonyl (C=O) groups is 1. The molecule has 0 aliphatic carbocycles. The highest BCUT2D eigenvalue weighted by Crippen LogP contribution is 2.27. The zero-order valence-corrected chi connectivity index (χ0v) is 13.9. The molecule has 0 heterocycles. The first kappa shape index (κ1) is 16.7. The van der Waals surface area contributed by atoms with Gasteiger partial charge in [0.15, 0.2) is 5.71 Å². The largest absolute Gasteiger partial charge is 0.494 e. The van der Waals surface area contributed by atoms with Crippen LogP contribution in [0.2, 0.25) is 0 Å². The summed E-state index contributed by atoms with van der Waals surface area (Å²) in [5.74, 6) is 0.138. The van der Waals surface area contributed by atoms with Crippen molar-refractivity contribution in [1.82, 2.24) is 0 Å². The van der Waals surface area contributed by atoms with E-state index < -0.39 is 11.6 Å². The third-order valence-corrected chi connectivity index (χ3v) is 2.96. The molecule has 4 nitrogen and oxygen atoms in total. The molecule has 0 spiro atoms. The Kier molecular flexibility index (Phi) is 5.16. The van der Waals surface area contributed by atoms with Gasteiger partial charge in [-0.3, -0.25) is 0 Å². The zero-order chi connectivity index (χ0) is 16.9. The van der Waals surface area contributed by atoms with E-state index in [0.717, 1.165) is 0 Å². The standard InChI is InChI=1S/C19H21NO3/c1-19(2,3)23-18(21)17(14-10-6-5-7-11-14)20-15-12-8-9-13-16(15)22-4/h5-13H,1-4H3. The van der Waals surface area contributed by atoms with E-state index in [2.05, 4.69) is 4.99 Å². The number of hydrogen-bond acceptors (Lipinski definition) is 4. The van der Waals surface area contributed by atoms with Crippen molar-refractivity contribution in [2.75, 3.05) is 7.11 Å². The smallest absolute Gasteiger partial charge is 0.358 e. The molecular formula is C19H21NO3. The number of carbonyl (C=O) groups excluding carboxylic acids is 1. The number of methoxy groups -OCH3 is 1. The molecule has 0 aliphatic rings. The molecule has 0 bridgehead atoms. The predicted octanol–water partition coefficient (Wildman–Crippen LogP) is 4.16. The lowest BCUT2D eigenvalue weighted by Crippen LogP contribution is -2.29. The van der Waals surface area contributed by atoms with E-state index in [1.807, 2.05) is 63.2 Å². The van der Waals surface area contributed by atoms with Crippen LogP contribution in [0, 0.1) is 0 Å². The van der Waals surface area contributed by atoms with Crippen molar-refractivity contribution in [3.63, 3.8) is 0 Å². The minimum Gasteiger partial charge on any atom is -0.494 e. The second-order valence-corrected chi connectivity index (χ2v) is 6.00. The van der Waals surface area contributed by atoms with Crippen molar-refractivity contribution < 1.29 is 14.3 Å². The maximum atomic E-state index is 12.6. The molecule has 0 unspecified atom stereocenters. The summed E-state index contributed by atoms with van der Waals surface area (Å²) in [5, 5.41) is 0. The topological polar surface area (TPSA) is 47.9 Å². The van der Waals surface area contributed by atoms with Crippen LogP contribution in [0.1, 0.15) is 26.3 Å². The average Bonchev–Trinajstić information content (AvgIpc) is 2.52. The summed E-state index contributed by atoms with van der Waals surface area (Å²) in [6.07, 6.45) is 0. The van der Waals surface area contributed by atoms with Gasteiger partial charge in [-0.25, -0.2) is 9.79 Å². The van der Waals surface area contributed by atoms with E-state index >= 15 is 0 Å². The normalized spacial score (nSPS) is 11.9. The molecule has 0 saturated heterocycles. The molecule has 0 aliphatic heterocycles. The van der Waals surface area contributed by atoms with Crippen LogP contribution in [0.15, 0.2) is 59.6 Å². The Morgan fingerprint density at radius 2 is 1.57 bits per heavy atom. The first-order valence-corrected chi connectivity index (χ1v) is 7.41. The van der Waals surface area contributed by atoms with Gasteiger partial charge in [-0.2, -0.15) is 0 Å². The maximum Gasteiger partial charge on any atom is 0.358 e. The van der Waals surface area contributed by atoms with Gasteiger partial charge in [0, 0.05) is 5.56 Å². The third kappa shape index (κ3) is 4.68. The van der Waals surface area contributed by atoms with Gasteiger partial charge >= 0.3 is 5.97 Å². The molecule has 0 amide bonds. The number of ether oxygens (including phenoxy) is 2. The first-order chi connectivity index (χ1) is 10.9. The average molecular weight is 311 g/mol. The van der Waals surface area contributed by atoms with Crippen molar-refractivity contribution in [3.8, 4) is 5.75 Å². The van der Waals surface area contributed by atoms with Crippen molar-refractivity contribution in [3.05, 3.63) is 60.2 Å². The molecule has 0 atom stereocenters. The lowest BCUT2D eigenvalue weighted by Gasteiger charge is -2.20. The quantitative estimate of drug-likeness (QED) is 0.629. The highest BCUT2D eigenvalue weighted by atomic mass is 16.6. The van der Waals surface area contributed by atoms with E-state index in [0.29, 0.717) is 17.0 Å². The molecule has 2 aromatic rings. The Morgan fingerprint density at radius 1 is 0.957 bits per heavy atom. The third-order valence-electron chi connectivity index (χ3n) is 2.96. The molecular weight excluding hydrogens is 290 g/mol. The zero-order valence-electron chi connectivity index (χ0n) is 13.9. The van der Waals surface area contributed by atoms with Crippen LogP contribution in [-0.2, 0) is 9.53 Å². The number of hydrogen-bond donors (Lipinski definition) is 0. The van der Waals surface area contributed by atoms with Gasteiger partial charge in [0.25, 0.3) is 0 Å². The molecule has 0 N–H and O–H groups in total. The molecule has 23 heavy (non-hydrogen) atoms. The monoisotopic (exact) mass is 311 g/mol. The summed E-state index contributed by atoms with van der Waals surface area (Å²) in [7, 11) is 1.57. The van der Waals surface area contributed by atoms with Crippen molar-refractivity contribution in [1.29, 1.82) is 0 Å². The van der Waals surface area contributed by atoms with Crippen LogP contribution >= 0.6 is 0 Å². The summed E-state index contributed by atoms with van der Waals surface area (Å²) in [5.41, 5.74) is 0.949. The summed E-state index contributed by atoms with van der Waals surface area (Å²) in [6, 6.07) is 16.6. The van der Waals surface area contributed by atoms with E-state index in [9.17, 15) is 4.79 Å². The van der Waals surface area contributed by atoms with Crippen LogP contribution in [-0.4, -0.2) is 24.4 Å². The molecule has 0 saturated carbocycles. The van der Waals surface area contributed by atoms with Gasteiger partial charge in [-0.15, -0.1) is 0 Å². The fourth-order valence-electron chi connectivity index (χ4n) is 1.99. The Labute approximate surface area is 136 Å². The molecule has 2 aromatic carbocycles.